The molecule has 1 aliphatic carbocycles. The van der Waals surface area contributed by atoms with Gasteiger partial charge in [-0.1, -0.05) is 19.1 Å². The van der Waals surface area contributed by atoms with Crippen LogP contribution in [0.15, 0.2) is 24.3 Å². The van der Waals surface area contributed by atoms with Gasteiger partial charge in [0.1, 0.15) is 0 Å². The van der Waals surface area contributed by atoms with Gasteiger partial charge in [-0.2, -0.15) is 0 Å². The van der Waals surface area contributed by atoms with Gasteiger partial charge < -0.3 is 0 Å². The number of nitrogens with zero attached hydrogens (tertiary/aromatic N) is 1. The van der Waals surface area contributed by atoms with E-state index in [1.807, 2.05) is 12.1 Å². The van der Waals surface area contributed by atoms with Crippen molar-refractivity contribution in [2.75, 3.05) is 0 Å². The predicted octanol–water partition coefficient (Wildman–Crippen LogP) is 3.34. The number of hydrogen-bond acceptors (Lipinski definition) is 2. The Morgan fingerprint density at radius 2 is 2.00 bits per heavy atom. The Morgan fingerprint density at radius 3 is 2.40 bits per heavy atom. The first-order valence-electron chi connectivity index (χ1n) is 5.33. The van der Waals surface area contributed by atoms with Gasteiger partial charge in [0.2, 0.25) is 0 Å². The number of non-ortho nitro benzene ring substituents is 1. The van der Waals surface area contributed by atoms with Gasteiger partial charge in [-0.05, 0) is 30.7 Å². The average molecular weight is 204 g/mol. The Hall–Kier alpha value is -1.38. The Kier molecular flexibility index (Phi) is 2.71. The lowest BCUT2D eigenvalue weighted by Crippen LogP contribution is -2.00. The van der Waals surface area contributed by atoms with Crippen molar-refractivity contribution in [3.05, 3.63) is 45.9 Å². The molecule has 1 fully saturated rings. The second-order valence-corrected chi connectivity index (χ2v) is 3.96. The fraction of sp³-hybridized carbons (Fsp3) is 0.417. The number of rotatable bonds is 4. The number of benzene rings is 1. The minimum Gasteiger partial charge on any atom is -0.258 e. The fourth-order valence-electron chi connectivity index (χ4n) is 1.96. The highest BCUT2D eigenvalue weighted by molar-refractivity contribution is 5.40. The van der Waals surface area contributed by atoms with Crippen LogP contribution in [0.3, 0.4) is 0 Å². The molecule has 0 atom stereocenters. The van der Waals surface area contributed by atoms with Crippen LogP contribution in [0.25, 0.3) is 0 Å². The van der Waals surface area contributed by atoms with Crippen LogP contribution < -0.4 is 0 Å². The van der Waals surface area contributed by atoms with Gasteiger partial charge in [0.25, 0.3) is 5.69 Å². The fourth-order valence-corrected chi connectivity index (χ4v) is 1.96. The number of nitro benzene ring substituents is 1. The Balaban J connectivity index is 2.17. The summed E-state index contributed by atoms with van der Waals surface area (Å²) in [6.45, 7) is 2.15. The molecule has 1 radical (unpaired) electrons. The van der Waals surface area contributed by atoms with E-state index in [9.17, 15) is 10.1 Å². The van der Waals surface area contributed by atoms with Crippen molar-refractivity contribution in [2.45, 2.75) is 26.2 Å². The van der Waals surface area contributed by atoms with Crippen molar-refractivity contribution in [1.29, 1.82) is 0 Å². The first-order valence-corrected chi connectivity index (χ1v) is 5.33. The lowest BCUT2D eigenvalue weighted by molar-refractivity contribution is -0.384. The van der Waals surface area contributed by atoms with Gasteiger partial charge in [0, 0.05) is 18.1 Å². The Bertz CT molecular complexity index is 354. The van der Waals surface area contributed by atoms with Gasteiger partial charge in [-0.3, -0.25) is 10.1 Å². The van der Waals surface area contributed by atoms with Crippen LogP contribution in [0.2, 0.25) is 0 Å². The molecule has 1 aromatic carbocycles. The van der Waals surface area contributed by atoms with Crippen LogP contribution >= 0.6 is 0 Å². The van der Waals surface area contributed by atoms with Crippen molar-refractivity contribution in [1.82, 2.24) is 0 Å². The van der Waals surface area contributed by atoms with Crippen LogP contribution in [0.1, 0.15) is 31.7 Å². The molecule has 15 heavy (non-hydrogen) atoms. The normalized spacial score (nSPS) is 15.6. The lowest BCUT2D eigenvalue weighted by Gasteiger charge is -2.12. The molecule has 1 saturated carbocycles. The SMILES string of the molecule is CC[C](c1ccc([N+](=O)[O-])cc1)C1CC1. The molecule has 3 nitrogen and oxygen atoms in total. The van der Waals surface area contributed by atoms with Crippen LogP contribution in [0.4, 0.5) is 5.69 Å². The van der Waals surface area contributed by atoms with E-state index in [1.54, 1.807) is 12.1 Å². The lowest BCUT2D eigenvalue weighted by atomic mass is 9.92. The van der Waals surface area contributed by atoms with Gasteiger partial charge in [-0.25, -0.2) is 0 Å². The van der Waals surface area contributed by atoms with Crippen molar-refractivity contribution >= 4 is 5.69 Å². The summed E-state index contributed by atoms with van der Waals surface area (Å²) in [4.78, 5) is 10.1. The van der Waals surface area contributed by atoms with E-state index in [0.29, 0.717) is 0 Å². The minimum absolute atomic E-state index is 0.171. The molecule has 79 valence electrons. The summed E-state index contributed by atoms with van der Waals surface area (Å²) in [6.07, 6.45) is 3.60. The summed E-state index contributed by atoms with van der Waals surface area (Å²) in [5.74, 6) is 2.18. The molecule has 0 N–H and O–H groups in total. The van der Waals surface area contributed by atoms with E-state index < -0.39 is 0 Å². The summed E-state index contributed by atoms with van der Waals surface area (Å²) in [6, 6.07) is 6.92. The van der Waals surface area contributed by atoms with Gasteiger partial charge in [0.05, 0.1) is 4.92 Å². The third kappa shape index (κ3) is 2.17. The first kappa shape index (κ1) is 10.1. The third-order valence-electron chi connectivity index (χ3n) is 2.90. The standard InChI is InChI=1S/C12H14NO2/c1-2-12(9-3-4-9)10-5-7-11(8-6-10)13(14)15/h5-9H,2-4H2,1H3. The summed E-state index contributed by atoms with van der Waals surface area (Å²) in [5.41, 5.74) is 1.34. The quantitative estimate of drug-likeness (QED) is 0.557. The van der Waals surface area contributed by atoms with Crippen molar-refractivity contribution in [3.63, 3.8) is 0 Å². The van der Waals surface area contributed by atoms with Crippen LogP contribution in [-0.4, -0.2) is 4.92 Å². The Morgan fingerprint density at radius 1 is 1.40 bits per heavy atom. The molecule has 1 aromatic rings. The van der Waals surface area contributed by atoms with E-state index in [4.69, 9.17) is 0 Å². The topological polar surface area (TPSA) is 43.1 Å². The van der Waals surface area contributed by atoms with Crippen LogP contribution in [-0.2, 0) is 0 Å². The van der Waals surface area contributed by atoms with Gasteiger partial charge >= 0.3 is 0 Å². The molecule has 2 rings (SSSR count). The number of nitro groups is 1. The maximum atomic E-state index is 10.5. The molecule has 0 aromatic heterocycles. The van der Waals surface area contributed by atoms with Gasteiger partial charge in [0.15, 0.2) is 0 Å². The molecular weight excluding hydrogens is 190 g/mol. The van der Waals surface area contributed by atoms with Crippen LogP contribution in [0.5, 0.6) is 0 Å². The van der Waals surface area contributed by atoms with E-state index in [0.717, 1.165) is 12.3 Å². The molecule has 0 aliphatic heterocycles. The summed E-state index contributed by atoms with van der Waals surface area (Å²) in [7, 11) is 0. The second kappa shape index (κ2) is 4.01. The zero-order valence-corrected chi connectivity index (χ0v) is 8.77. The van der Waals surface area contributed by atoms with Crippen LogP contribution in [0, 0.1) is 22.0 Å². The van der Waals surface area contributed by atoms with Gasteiger partial charge in [-0.15, -0.1) is 0 Å². The molecule has 0 bridgehead atoms. The van der Waals surface area contributed by atoms with Crippen molar-refractivity contribution in [2.24, 2.45) is 5.92 Å². The molecule has 1 aliphatic rings. The largest absolute Gasteiger partial charge is 0.269 e. The molecule has 0 amide bonds. The summed E-state index contributed by atoms with van der Waals surface area (Å²) >= 11 is 0. The minimum atomic E-state index is -0.355. The highest BCUT2D eigenvalue weighted by Gasteiger charge is 2.31. The molecular formula is C12H14NO2. The van der Waals surface area contributed by atoms with E-state index in [2.05, 4.69) is 6.92 Å². The third-order valence-corrected chi connectivity index (χ3v) is 2.90. The van der Waals surface area contributed by atoms with E-state index in [-0.39, 0.29) is 10.6 Å². The highest BCUT2D eigenvalue weighted by atomic mass is 16.6. The molecule has 0 saturated heterocycles. The molecule has 3 heteroatoms. The number of hydrogen-bond donors (Lipinski definition) is 0. The first-order chi connectivity index (χ1) is 7.22. The maximum Gasteiger partial charge on any atom is 0.269 e. The average Bonchev–Trinajstić information content (AvgIpc) is 3.04. The zero-order valence-electron chi connectivity index (χ0n) is 8.77. The van der Waals surface area contributed by atoms with E-state index >= 15 is 0 Å². The van der Waals surface area contributed by atoms with Crippen molar-refractivity contribution in [3.8, 4) is 0 Å². The summed E-state index contributed by atoms with van der Waals surface area (Å²) in [5, 5.41) is 10.5. The highest BCUT2D eigenvalue weighted by Crippen LogP contribution is 2.43. The Labute approximate surface area is 89.3 Å². The molecule has 0 spiro atoms. The van der Waals surface area contributed by atoms with Crippen molar-refractivity contribution < 1.29 is 4.92 Å². The summed E-state index contributed by atoms with van der Waals surface area (Å²) < 4.78 is 0. The van der Waals surface area contributed by atoms with E-state index in [1.165, 1.54) is 24.3 Å². The monoisotopic (exact) mass is 204 g/mol. The zero-order chi connectivity index (χ0) is 10.8. The maximum absolute atomic E-state index is 10.5. The molecule has 0 unspecified atom stereocenters. The molecule has 0 heterocycles. The predicted molar refractivity (Wildman–Crippen MR) is 58.5 cm³/mol. The second-order valence-electron chi connectivity index (χ2n) is 3.96. The smallest absolute Gasteiger partial charge is 0.258 e.